The number of halogens is 1. The SMILES string of the molecule is O=C(C1CN(c2nc3ccc(F)cc3s2)C1)N1CCn2c1nc1ccccc12. The highest BCUT2D eigenvalue weighted by molar-refractivity contribution is 7.22. The van der Waals surface area contributed by atoms with Crippen molar-refractivity contribution in [1.29, 1.82) is 0 Å². The number of carbonyl (C=O) groups is 1. The van der Waals surface area contributed by atoms with Crippen molar-refractivity contribution >= 4 is 49.6 Å². The first-order chi connectivity index (χ1) is 13.7. The smallest absolute Gasteiger partial charge is 0.236 e. The fourth-order valence-electron chi connectivity index (χ4n) is 4.03. The third-order valence-electron chi connectivity index (χ3n) is 5.53. The van der Waals surface area contributed by atoms with Gasteiger partial charge in [0, 0.05) is 26.2 Å². The molecule has 0 saturated carbocycles. The molecule has 4 heterocycles. The Labute approximate surface area is 163 Å². The molecule has 8 heteroatoms. The molecule has 140 valence electrons. The van der Waals surface area contributed by atoms with E-state index in [-0.39, 0.29) is 17.6 Å². The zero-order valence-electron chi connectivity index (χ0n) is 14.9. The van der Waals surface area contributed by atoms with Gasteiger partial charge in [0.2, 0.25) is 11.9 Å². The summed E-state index contributed by atoms with van der Waals surface area (Å²) in [5, 5.41) is 0.846. The monoisotopic (exact) mass is 393 g/mol. The quantitative estimate of drug-likeness (QED) is 0.525. The van der Waals surface area contributed by atoms with Crippen LogP contribution in [0, 0.1) is 11.7 Å². The second-order valence-corrected chi connectivity index (χ2v) is 8.26. The second-order valence-electron chi connectivity index (χ2n) is 7.25. The van der Waals surface area contributed by atoms with Crippen molar-refractivity contribution < 1.29 is 9.18 Å². The highest BCUT2D eigenvalue weighted by Gasteiger charge is 2.40. The number of rotatable bonds is 2. The van der Waals surface area contributed by atoms with Crippen LogP contribution in [0.25, 0.3) is 21.3 Å². The molecule has 2 aliphatic heterocycles. The molecule has 0 bridgehead atoms. The van der Waals surface area contributed by atoms with Gasteiger partial charge in [0.25, 0.3) is 0 Å². The molecule has 0 N–H and O–H groups in total. The summed E-state index contributed by atoms with van der Waals surface area (Å²) in [6.07, 6.45) is 0. The van der Waals surface area contributed by atoms with Gasteiger partial charge >= 0.3 is 0 Å². The average Bonchev–Trinajstić information content (AvgIpc) is 3.32. The van der Waals surface area contributed by atoms with Crippen molar-refractivity contribution in [2.75, 3.05) is 29.4 Å². The molecule has 2 aromatic heterocycles. The molecule has 4 aromatic rings. The molecule has 1 fully saturated rings. The zero-order valence-corrected chi connectivity index (χ0v) is 15.7. The number of fused-ring (bicyclic) bond motifs is 4. The molecule has 6 rings (SSSR count). The van der Waals surface area contributed by atoms with Crippen molar-refractivity contribution in [1.82, 2.24) is 14.5 Å². The maximum absolute atomic E-state index is 13.4. The topological polar surface area (TPSA) is 54.3 Å². The molecular formula is C20H16FN5OS. The molecule has 0 radical (unpaired) electrons. The van der Waals surface area contributed by atoms with Crippen LogP contribution in [0.3, 0.4) is 0 Å². The van der Waals surface area contributed by atoms with Crippen molar-refractivity contribution in [3.8, 4) is 0 Å². The fourth-order valence-corrected chi connectivity index (χ4v) is 5.04. The number of carbonyl (C=O) groups excluding carboxylic acids is 1. The van der Waals surface area contributed by atoms with E-state index in [0.29, 0.717) is 19.6 Å². The number of hydrogen-bond donors (Lipinski definition) is 0. The zero-order chi connectivity index (χ0) is 18.8. The standard InChI is InChI=1S/C20H16FN5OS/c21-13-5-6-15-17(9-13)28-20(23-15)24-10-12(11-24)18(27)26-8-7-25-16-4-2-1-3-14(16)22-19(25)26/h1-6,9,12H,7-8,10-11H2. The normalized spacial score (nSPS) is 16.8. The van der Waals surface area contributed by atoms with Gasteiger partial charge in [-0.15, -0.1) is 0 Å². The molecule has 0 unspecified atom stereocenters. The summed E-state index contributed by atoms with van der Waals surface area (Å²) >= 11 is 1.47. The Morgan fingerprint density at radius 1 is 1.07 bits per heavy atom. The highest BCUT2D eigenvalue weighted by atomic mass is 32.1. The van der Waals surface area contributed by atoms with Gasteiger partial charge in [0.1, 0.15) is 5.82 Å². The second kappa shape index (κ2) is 5.75. The van der Waals surface area contributed by atoms with Crippen molar-refractivity contribution in [2.45, 2.75) is 6.54 Å². The van der Waals surface area contributed by atoms with Crippen LogP contribution in [0.1, 0.15) is 0 Å². The fraction of sp³-hybridized carbons (Fsp3) is 0.250. The molecule has 0 spiro atoms. The minimum atomic E-state index is -0.253. The van der Waals surface area contributed by atoms with E-state index in [0.717, 1.165) is 38.9 Å². The van der Waals surface area contributed by atoms with Crippen LogP contribution in [-0.4, -0.2) is 40.1 Å². The number of anilines is 2. The van der Waals surface area contributed by atoms with Crippen LogP contribution in [0.4, 0.5) is 15.5 Å². The van der Waals surface area contributed by atoms with Crippen LogP contribution < -0.4 is 9.80 Å². The lowest BCUT2D eigenvalue weighted by Gasteiger charge is -2.39. The summed E-state index contributed by atoms with van der Waals surface area (Å²) in [6, 6.07) is 12.6. The lowest BCUT2D eigenvalue weighted by Crippen LogP contribution is -2.54. The van der Waals surface area contributed by atoms with Gasteiger partial charge in [-0.1, -0.05) is 23.5 Å². The number of imidazole rings is 1. The molecular weight excluding hydrogens is 377 g/mol. The predicted octanol–water partition coefficient (Wildman–Crippen LogP) is 3.27. The maximum Gasteiger partial charge on any atom is 0.236 e. The molecule has 1 saturated heterocycles. The number of benzene rings is 2. The third kappa shape index (κ3) is 2.27. The molecule has 0 atom stereocenters. The Bertz CT molecular complexity index is 1240. The van der Waals surface area contributed by atoms with Crippen molar-refractivity contribution in [3.63, 3.8) is 0 Å². The van der Waals surface area contributed by atoms with Crippen molar-refractivity contribution in [3.05, 3.63) is 48.3 Å². The van der Waals surface area contributed by atoms with E-state index in [2.05, 4.69) is 19.4 Å². The van der Waals surface area contributed by atoms with E-state index in [1.807, 2.05) is 29.2 Å². The van der Waals surface area contributed by atoms with Gasteiger partial charge in [-0.05, 0) is 30.3 Å². The number of nitrogens with zero attached hydrogens (tertiary/aromatic N) is 5. The van der Waals surface area contributed by atoms with E-state index < -0.39 is 0 Å². The van der Waals surface area contributed by atoms with Crippen LogP contribution in [0.15, 0.2) is 42.5 Å². The Morgan fingerprint density at radius 3 is 2.82 bits per heavy atom. The summed E-state index contributed by atoms with van der Waals surface area (Å²) in [5.74, 6) is 0.559. The molecule has 2 aliphatic rings. The molecule has 2 aromatic carbocycles. The number of amides is 1. The largest absolute Gasteiger partial charge is 0.346 e. The van der Waals surface area contributed by atoms with E-state index in [4.69, 9.17) is 0 Å². The molecule has 28 heavy (non-hydrogen) atoms. The summed E-state index contributed by atoms with van der Waals surface area (Å²) in [6.45, 7) is 2.72. The minimum Gasteiger partial charge on any atom is -0.346 e. The van der Waals surface area contributed by atoms with Gasteiger partial charge in [-0.25, -0.2) is 14.4 Å². The van der Waals surface area contributed by atoms with Gasteiger partial charge in [0.05, 0.1) is 27.2 Å². The van der Waals surface area contributed by atoms with Gasteiger partial charge in [-0.3, -0.25) is 9.69 Å². The van der Waals surface area contributed by atoms with Gasteiger partial charge in [0.15, 0.2) is 5.13 Å². The maximum atomic E-state index is 13.4. The van der Waals surface area contributed by atoms with Crippen molar-refractivity contribution in [2.24, 2.45) is 5.92 Å². The van der Waals surface area contributed by atoms with E-state index in [1.165, 1.54) is 23.5 Å². The van der Waals surface area contributed by atoms with Crippen LogP contribution >= 0.6 is 11.3 Å². The Kier molecular flexibility index (Phi) is 3.28. The number of hydrogen-bond acceptors (Lipinski definition) is 5. The first-order valence-electron chi connectivity index (χ1n) is 9.25. The van der Waals surface area contributed by atoms with Crippen LogP contribution in [0.5, 0.6) is 0 Å². The van der Waals surface area contributed by atoms with Crippen LogP contribution in [0.2, 0.25) is 0 Å². The lowest BCUT2D eigenvalue weighted by molar-refractivity contribution is -0.123. The predicted molar refractivity (Wildman–Crippen MR) is 107 cm³/mol. The van der Waals surface area contributed by atoms with E-state index in [1.54, 1.807) is 6.07 Å². The highest BCUT2D eigenvalue weighted by Crippen LogP contribution is 2.35. The van der Waals surface area contributed by atoms with E-state index in [9.17, 15) is 9.18 Å². The summed E-state index contributed by atoms with van der Waals surface area (Å²) in [7, 11) is 0. The number of aromatic nitrogens is 3. The Hall–Kier alpha value is -3.00. The van der Waals surface area contributed by atoms with E-state index >= 15 is 0 Å². The van der Waals surface area contributed by atoms with Crippen LogP contribution in [-0.2, 0) is 11.3 Å². The van der Waals surface area contributed by atoms with Gasteiger partial charge in [-0.2, -0.15) is 0 Å². The number of thiazole rings is 1. The first-order valence-corrected chi connectivity index (χ1v) is 10.1. The third-order valence-corrected chi connectivity index (χ3v) is 6.61. The summed E-state index contributed by atoms with van der Waals surface area (Å²) in [4.78, 5) is 26.2. The lowest BCUT2D eigenvalue weighted by atomic mass is 9.99. The average molecular weight is 393 g/mol. The molecule has 0 aliphatic carbocycles. The summed E-state index contributed by atoms with van der Waals surface area (Å²) in [5.41, 5.74) is 2.79. The van der Waals surface area contributed by atoms with Gasteiger partial charge < -0.3 is 9.47 Å². The summed E-state index contributed by atoms with van der Waals surface area (Å²) < 4.78 is 16.3. The molecule has 1 amide bonds. The molecule has 6 nitrogen and oxygen atoms in total. The minimum absolute atomic E-state index is 0.0601. The Balaban J connectivity index is 1.21. The number of para-hydroxylation sites is 2. The Morgan fingerprint density at radius 2 is 1.93 bits per heavy atom. The first kappa shape index (κ1) is 16.0.